The van der Waals surface area contributed by atoms with Crippen LogP contribution in [-0.4, -0.2) is 45.7 Å². The first-order valence-corrected chi connectivity index (χ1v) is 9.92. The lowest BCUT2D eigenvalue weighted by atomic mass is 10.1. The lowest BCUT2D eigenvalue weighted by Gasteiger charge is -2.15. The fraction of sp³-hybridized carbons (Fsp3) is 0.364. The zero-order chi connectivity index (χ0) is 22.6. The van der Waals surface area contributed by atoms with Crippen LogP contribution in [0, 0.1) is 0 Å². The Morgan fingerprint density at radius 2 is 1.90 bits per heavy atom. The third-order valence-electron chi connectivity index (χ3n) is 4.33. The quantitative estimate of drug-likeness (QED) is 0.396. The van der Waals surface area contributed by atoms with Crippen LogP contribution in [-0.2, 0) is 13.0 Å². The average Bonchev–Trinajstić information content (AvgIpc) is 2.77. The Hall–Kier alpha value is -3.36. The fourth-order valence-electron chi connectivity index (χ4n) is 2.87. The Bertz CT molecular complexity index is 891. The molecule has 0 aromatic heterocycles. The molecule has 31 heavy (non-hydrogen) atoms. The predicted molar refractivity (Wildman–Crippen MR) is 116 cm³/mol. The molecule has 0 aliphatic rings. The molecule has 0 aliphatic carbocycles. The zero-order valence-electron chi connectivity index (χ0n) is 17.9. The summed E-state index contributed by atoms with van der Waals surface area (Å²) in [7, 11) is 3.26. The largest absolute Gasteiger partial charge is 0.490 e. The maximum Gasteiger partial charge on any atom is 0.387 e. The van der Waals surface area contributed by atoms with Gasteiger partial charge in [0.2, 0.25) is 0 Å². The van der Waals surface area contributed by atoms with Crippen LogP contribution in [0.3, 0.4) is 0 Å². The summed E-state index contributed by atoms with van der Waals surface area (Å²) in [6.07, 6.45) is 0.708. The van der Waals surface area contributed by atoms with Crippen molar-refractivity contribution >= 4 is 11.9 Å². The van der Waals surface area contributed by atoms with E-state index in [9.17, 15) is 13.6 Å². The SMILES string of the molecule is CCOc1cc(CNC(=NC)NCCc2cccc(C(=O)NC)c2)ccc1OC(F)F. The van der Waals surface area contributed by atoms with E-state index in [0.717, 1.165) is 11.1 Å². The summed E-state index contributed by atoms with van der Waals surface area (Å²) >= 11 is 0. The Labute approximate surface area is 180 Å². The second-order valence-corrected chi connectivity index (χ2v) is 6.47. The first kappa shape index (κ1) is 23.9. The van der Waals surface area contributed by atoms with Gasteiger partial charge < -0.3 is 25.4 Å². The van der Waals surface area contributed by atoms with E-state index in [-0.39, 0.29) is 17.4 Å². The lowest BCUT2D eigenvalue weighted by Crippen LogP contribution is -2.37. The maximum atomic E-state index is 12.5. The molecule has 0 fully saturated rings. The van der Waals surface area contributed by atoms with Gasteiger partial charge in [-0.15, -0.1) is 0 Å². The van der Waals surface area contributed by atoms with Gasteiger partial charge in [0.05, 0.1) is 6.61 Å². The number of carbonyl (C=O) groups is 1. The molecule has 3 N–H and O–H groups in total. The van der Waals surface area contributed by atoms with Gasteiger partial charge in [0, 0.05) is 32.7 Å². The summed E-state index contributed by atoms with van der Waals surface area (Å²) in [6.45, 7) is 0.222. The number of nitrogens with zero attached hydrogens (tertiary/aromatic N) is 1. The van der Waals surface area contributed by atoms with E-state index < -0.39 is 6.61 Å². The van der Waals surface area contributed by atoms with E-state index >= 15 is 0 Å². The number of hydrogen-bond donors (Lipinski definition) is 3. The first-order chi connectivity index (χ1) is 15.0. The number of rotatable bonds is 10. The number of carbonyl (C=O) groups excluding carboxylic acids is 1. The molecule has 7 nitrogen and oxygen atoms in total. The van der Waals surface area contributed by atoms with Gasteiger partial charge in [-0.1, -0.05) is 18.2 Å². The minimum absolute atomic E-state index is 0.00194. The van der Waals surface area contributed by atoms with E-state index in [1.165, 1.54) is 6.07 Å². The highest BCUT2D eigenvalue weighted by atomic mass is 19.3. The molecule has 9 heteroatoms. The molecule has 0 spiro atoms. The van der Waals surface area contributed by atoms with Crippen molar-refractivity contribution in [1.29, 1.82) is 0 Å². The van der Waals surface area contributed by atoms with Crippen molar-refractivity contribution in [3.8, 4) is 11.5 Å². The normalized spacial score (nSPS) is 11.2. The number of halogens is 2. The molecule has 0 saturated heterocycles. The predicted octanol–water partition coefficient (Wildman–Crippen LogP) is 2.95. The standard InChI is InChI=1S/C22H28F2N4O3/c1-4-30-19-13-16(8-9-18(19)31-21(23)24)14-28-22(26-3)27-11-10-15-6-5-7-17(12-15)20(29)25-2/h5-9,12-13,21H,4,10-11,14H2,1-3H3,(H,25,29)(H2,26,27,28). The average molecular weight is 434 g/mol. The van der Waals surface area contributed by atoms with Gasteiger partial charge in [0.15, 0.2) is 17.5 Å². The number of benzene rings is 2. The lowest BCUT2D eigenvalue weighted by molar-refractivity contribution is -0.0514. The molecule has 168 valence electrons. The van der Waals surface area contributed by atoms with Gasteiger partial charge in [0.1, 0.15) is 0 Å². The summed E-state index contributed by atoms with van der Waals surface area (Å²) < 4.78 is 34.9. The second-order valence-electron chi connectivity index (χ2n) is 6.47. The maximum absolute atomic E-state index is 12.5. The van der Waals surface area contributed by atoms with Gasteiger partial charge in [-0.2, -0.15) is 8.78 Å². The number of nitrogens with one attached hydrogen (secondary N) is 3. The number of aliphatic imine (C=N–C) groups is 1. The topological polar surface area (TPSA) is 84.0 Å². The summed E-state index contributed by atoms with van der Waals surface area (Å²) in [4.78, 5) is 15.9. The van der Waals surface area contributed by atoms with E-state index in [2.05, 4.69) is 25.7 Å². The van der Waals surface area contributed by atoms with Gasteiger partial charge in [-0.05, 0) is 48.7 Å². The molecular formula is C22H28F2N4O3. The highest BCUT2D eigenvalue weighted by Gasteiger charge is 2.12. The minimum atomic E-state index is -2.91. The van der Waals surface area contributed by atoms with Crippen molar-refractivity contribution in [3.05, 3.63) is 59.2 Å². The summed E-state index contributed by atoms with van der Waals surface area (Å²) in [6, 6.07) is 12.2. The van der Waals surface area contributed by atoms with E-state index in [4.69, 9.17) is 4.74 Å². The molecule has 2 rings (SSSR count). The highest BCUT2D eigenvalue weighted by molar-refractivity contribution is 5.94. The molecule has 0 unspecified atom stereocenters. The number of guanidine groups is 1. The fourth-order valence-corrected chi connectivity index (χ4v) is 2.87. The third-order valence-corrected chi connectivity index (χ3v) is 4.33. The minimum Gasteiger partial charge on any atom is -0.490 e. The molecule has 0 saturated carbocycles. The van der Waals surface area contributed by atoms with Crippen LogP contribution in [0.1, 0.15) is 28.4 Å². The molecule has 0 radical (unpaired) electrons. The number of ether oxygens (including phenoxy) is 2. The van der Waals surface area contributed by atoms with Gasteiger partial charge in [-0.25, -0.2) is 0 Å². The third kappa shape index (κ3) is 7.76. The Balaban J connectivity index is 1.89. The van der Waals surface area contributed by atoms with Crippen LogP contribution in [0.15, 0.2) is 47.5 Å². The summed E-state index contributed by atoms with van der Waals surface area (Å²) in [5.74, 6) is 0.736. The van der Waals surface area contributed by atoms with E-state index in [1.54, 1.807) is 39.2 Å². The van der Waals surface area contributed by atoms with Gasteiger partial charge in [-0.3, -0.25) is 9.79 Å². The molecule has 2 aromatic rings. The Kier molecular flexibility index (Phi) is 9.54. The van der Waals surface area contributed by atoms with E-state index in [1.807, 2.05) is 18.2 Å². The molecule has 2 aromatic carbocycles. The molecular weight excluding hydrogens is 406 g/mol. The number of hydrogen-bond acceptors (Lipinski definition) is 4. The van der Waals surface area contributed by atoms with Crippen LogP contribution < -0.4 is 25.4 Å². The zero-order valence-corrected chi connectivity index (χ0v) is 17.9. The van der Waals surface area contributed by atoms with Crippen molar-refractivity contribution in [1.82, 2.24) is 16.0 Å². The van der Waals surface area contributed by atoms with Crippen LogP contribution in [0.5, 0.6) is 11.5 Å². The summed E-state index contributed by atoms with van der Waals surface area (Å²) in [5, 5.41) is 8.99. The van der Waals surface area contributed by atoms with Crippen LogP contribution in [0.25, 0.3) is 0 Å². The van der Waals surface area contributed by atoms with Crippen molar-refractivity contribution in [2.24, 2.45) is 4.99 Å². The van der Waals surface area contributed by atoms with Crippen LogP contribution >= 0.6 is 0 Å². The Morgan fingerprint density at radius 3 is 2.58 bits per heavy atom. The van der Waals surface area contributed by atoms with Crippen molar-refractivity contribution in [3.63, 3.8) is 0 Å². The number of alkyl halides is 2. The molecule has 0 atom stereocenters. The molecule has 0 bridgehead atoms. The number of amides is 1. The Morgan fingerprint density at radius 1 is 1.10 bits per heavy atom. The van der Waals surface area contributed by atoms with Crippen molar-refractivity contribution < 1.29 is 23.0 Å². The molecule has 0 aliphatic heterocycles. The van der Waals surface area contributed by atoms with Crippen molar-refractivity contribution in [2.75, 3.05) is 27.2 Å². The summed E-state index contributed by atoms with van der Waals surface area (Å²) in [5.41, 5.74) is 2.47. The molecule has 0 heterocycles. The molecule has 1 amide bonds. The second kappa shape index (κ2) is 12.4. The van der Waals surface area contributed by atoms with Crippen LogP contribution in [0.4, 0.5) is 8.78 Å². The van der Waals surface area contributed by atoms with Gasteiger partial charge >= 0.3 is 6.61 Å². The highest BCUT2D eigenvalue weighted by Crippen LogP contribution is 2.29. The van der Waals surface area contributed by atoms with Gasteiger partial charge in [0.25, 0.3) is 5.91 Å². The van der Waals surface area contributed by atoms with Crippen LogP contribution in [0.2, 0.25) is 0 Å². The smallest absolute Gasteiger partial charge is 0.387 e. The van der Waals surface area contributed by atoms with Crippen molar-refractivity contribution in [2.45, 2.75) is 26.5 Å². The van der Waals surface area contributed by atoms with E-state index in [0.29, 0.717) is 37.6 Å². The first-order valence-electron chi connectivity index (χ1n) is 9.92. The monoisotopic (exact) mass is 434 g/mol.